The zero-order valence-electron chi connectivity index (χ0n) is 9.18. The van der Waals surface area contributed by atoms with Gasteiger partial charge >= 0.3 is 6.09 Å². The van der Waals surface area contributed by atoms with E-state index in [0.717, 1.165) is 30.7 Å². The Kier molecular flexibility index (Phi) is 3.71. The second kappa shape index (κ2) is 5.25. The van der Waals surface area contributed by atoms with Gasteiger partial charge in [0.2, 0.25) is 0 Å². The summed E-state index contributed by atoms with van der Waals surface area (Å²) in [5.74, 6) is 0.517. The lowest BCUT2D eigenvalue weighted by Crippen LogP contribution is -2.37. The fourth-order valence-corrected chi connectivity index (χ4v) is 2.79. The number of alkyl carbamates (subject to hydrolysis) is 1. The number of nitrogens with one attached hydrogen (secondary N) is 1. The first-order chi connectivity index (χ1) is 7.79. The van der Waals surface area contributed by atoms with Crippen LogP contribution in [0.15, 0.2) is 5.51 Å². The number of hydrogen-bond acceptors (Lipinski definition) is 5. The number of nitrogens with zero attached hydrogens (tertiary/aromatic N) is 2. The molecule has 1 amide bonds. The molecule has 1 heterocycles. The van der Waals surface area contributed by atoms with Crippen LogP contribution in [0.25, 0.3) is 0 Å². The molecular weight excluding hydrogens is 226 g/mol. The smallest absolute Gasteiger partial charge is 0.407 e. The molecule has 0 radical (unpaired) electrons. The Morgan fingerprint density at radius 3 is 2.81 bits per heavy atom. The van der Waals surface area contributed by atoms with E-state index in [9.17, 15) is 4.79 Å². The second-order valence-electron chi connectivity index (χ2n) is 3.96. The van der Waals surface area contributed by atoms with Gasteiger partial charge in [0, 0.05) is 12.0 Å². The number of hydrogen-bond donors (Lipinski definition) is 1. The van der Waals surface area contributed by atoms with Crippen LogP contribution in [0.1, 0.15) is 36.6 Å². The van der Waals surface area contributed by atoms with Crippen molar-refractivity contribution in [2.24, 2.45) is 0 Å². The normalized spacial score (nSPS) is 25.1. The molecule has 0 atom stereocenters. The Labute approximate surface area is 98.2 Å². The van der Waals surface area contributed by atoms with Crippen LogP contribution in [0.2, 0.25) is 0 Å². The Morgan fingerprint density at radius 2 is 2.25 bits per heavy atom. The minimum absolute atomic E-state index is 0.247. The third-order valence-corrected chi connectivity index (χ3v) is 3.82. The van der Waals surface area contributed by atoms with Gasteiger partial charge in [0.1, 0.15) is 10.5 Å². The van der Waals surface area contributed by atoms with Crippen LogP contribution < -0.4 is 5.32 Å². The second-order valence-corrected chi connectivity index (χ2v) is 4.83. The molecule has 0 aromatic carbocycles. The van der Waals surface area contributed by atoms with Crippen molar-refractivity contribution in [2.75, 3.05) is 7.11 Å². The fraction of sp³-hybridized carbons (Fsp3) is 0.700. The first kappa shape index (κ1) is 11.3. The molecule has 1 fully saturated rings. The van der Waals surface area contributed by atoms with E-state index in [1.165, 1.54) is 7.11 Å². The van der Waals surface area contributed by atoms with Crippen LogP contribution in [0, 0.1) is 0 Å². The monoisotopic (exact) mass is 241 g/mol. The molecule has 0 aliphatic heterocycles. The number of methoxy groups -OCH3 is 1. The maximum absolute atomic E-state index is 11.0. The van der Waals surface area contributed by atoms with Gasteiger partial charge in [-0.05, 0) is 25.7 Å². The SMILES string of the molecule is COC(=O)NC1CCC(c2nncs2)CC1. The average molecular weight is 241 g/mol. The Hall–Kier alpha value is -1.17. The molecule has 88 valence electrons. The fourth-order valence-electron chi connectivity index (χ4n) is 2.07. The van der Waals surface area contributed by atoms with Gasteiger partial charge in [-0.25, -0.2) is 4.79 Å². The Morgan fingerprint density at radius 1 is 1.50 bits per heavy atom. The van der Waals surface area contributed by atoms with E-state index in [4.69, 9.17) is 0 Å². The first-order valence-electron chi connectivity index (χ1n) is 5.40. The lowest BCUT2D eigenvalue weighted by Gasteiger charge is -2.27. The molecule has 1 saturated carbocycles. The largest absolute Gasteiger partial charge is 0.453 e. The number of amides is 1. The summed E-state index contributed by atoms with van der Waals surface area (Å²) in [6, 6.07) is 0.247. The maximum atomic E-state index is 11.0. The number of rotatable bonds is 2. The van der Waals surface area contributed by atoms with E-state index >= 15 is 0 Å². The van der Waals surface area contributed by atoms with Gasteiger partial charge < -0.3 is 10.1 Å². The molecule has 1 aromatic heterocycles. The van der Waals surface area contributed by atoms with Gasteiger partial charge in [-0.2, -0.15) is 0 Å². The highest BCUT2D eigenvalue weighted by atomic mass is 32.1. The predicted octanol–water partition coefficient (Wildman–Crippen LogP) is 1.92. The molecule has 0 saturated heterocycles. The molecule has 0 unspecified atom stereocenters. The lowest BCUT2D eigenvalue weighted by molar-refractivity contribution is 0.162. The summed E-state index contributed by atoms with van der Waals surface area (Å²) in [7, 11) is 1.39. The summed E-state index contributed by atoms with van der Waals surface area (Å²) in [4.78, 5) is 11.0. The van der Waals surface area contributed by atoms with Crippen LogP contribution >= 0.6 is 11.3 Å². The minimum atomic E-state index is -0.334. The van der Waals surface area contributed by atoms with Crippen LogP contribution in [0.5, 0.6) is 0 Å². The number of ether oxygens (including phenoxy) is 1. The topological polar surface area (TPSA) is 64.1 Å². The van der Waals surface area contributed by atoms with E-state index in [-0.39, 0.29) is 12.1 Å². The Bertz CT molecular complexity index is 334. The molecule has 1 N–H and O–H groups in total. The highest BCUT2D eigenvalue weighted by Crippen LogP contribution is 2.33. The van der Waals surface area contributed by atoms with E-state index in [1.807, 2.05) is 0 Å². The van der Waals surface area contributed by atoms with Crippen molar-refractivity contribution >= 4 is 17.4 Å². The van der Waals surface area contributed by atoms with Gasteiger partial charge in [0.25, 0.3) is 0 Å². The zero-order valence-corrected chi connectivity index (χ0v) is 10.00. The molecule has 0 spiro atoms. The van der Waals surface area contributed by atoms with Gasteiger partial charge in [-0.15, -0.1) is 21.5 Å². The zero-order chi connectivity index (χ0) is 11.4. The summed E-state index contributed by atoms with van der Waals surface area (Å²) in [5, 5.41) is 11.9. The van der Waals surface area contributed by atoms with Crippen molar-refractivity contribution in [1.29, 1.82) is 0 Å². The van der Waals surface area contributed by atoms with Gasteiger partial charge in [-0.3, -0.25) is 0 Å². The van der Waals surface area contributed by atoms with Crippen molar-refractivity contribution in [3.8, 4) is 0 Å². The van der Waals surface area contributed by atoms with Crippen LogP contribution in [0.4, 0.5) is 4.79 Å². The Balaban J connectivity index is 1.81. The maximum Gasteiger partial charge on any atom is 0.407 e. The molecule has 16 heavy (non-hydrogen) atoms. The summed E-state index contributed by atoms with van der Waals surface area (Å²) in [6.07, 6.45) is 3.76. The van der Waals surface area contributed by atoms with Crippen molar-refractivity contribution < 1.29 is 9.53 Å². The van der Waals surface area contributed by atoms with Crippen LogP contribution in [-0.4, -0.2) is 29.4 Å². The number of carbonyl (C=O) groups excluding carboxylic acids is 1. The summed E-state index contributed by atoms with van der Waals surface area (Å²) < 4.78 is 4.58. The summed E-state index contributed by atoms with van der Waals surface area (Å²) in [6.45, 7) is 0. The molecule has 1 aromatic rings. The number of aromatic nitrogens is 2. The number of carbonyl (C=O) groups is 1. The molecule has 2 rings (SSSR count). The lowest BCUT2D eigenvalue weighted by atomic mass is 9.86. The predicted molar refractivity (Wildman–Crippen MR) is 60.4 cm³/mol. The van der Waals surface area contributed by atoms with E-state index in [0.29, 0.717) is 5.92 Å². The molecule has 5 nitrogen and oxygen atoms in total. The average Bonchev–Trinajstić information content (AvgIpc) is 2.83. The van der Waals surface area contributed by atoms with Gasteiger partial charge in [0.05, 0.1) is 7.11 Å². The van der Waals surface area contributed by atoms with Crippen molar-refractivity contribution in [1.82, 2.24) is 15.5 Å². The van der Waals surface area contributed by atoms with Crippen molar-refractivity contribution in [3.05, 3.63) is 10.5 Å². The van der Waals surface area contributed by atoms with E-state index < -0.39 is 0 Å². The van der Waals surface area contributed by atoms with E-state index in [2.05, 4.69) is 20.3 Å². The van der Waals surface area contributed by atoms with Crippen LogP contribution in [-0.2, 0) is 4.74 Å². The summed E-state index contributed by atoms with van der Waals surface area (Å²) in [5.41, 5.74) is 1.77. The van der Waals surface area contributed by atoms with E-state index in [1.54, 1.807) is 16.8 Å². The van der Waals surface area contributed by atoms with Crippen molar-refractivity contribution in [3.63, 3.8) is 0 Å². The molecule has 0 bridgehead atoms. The van der Waals surface area contributed by atoms with Crippen LogP contribution in [0.3, 0.4) is 0 Å². The summed E-state index contributed by atoms with van der Waals surface area (Å²) >= 11 is 1.61. The van der Waals surface area contributed by atoms with Gasteiger partial charge in [-0.1, -0.05) is 0 Å². The van der Waals surface area contributed by atoms with Crippen molar-refractivity contribution in [2.45, 2.75) is 37.6 Å². The van der Waals surface area contributed by atoms with Gasteiger partial charge in [0.15, 0.2) is 0 Å². The highest BCUT2D eigenvalue weighted by molar-refractivity contribution is 7.09. The standard InChI is InChI=1S/C10H15N3O2S/c1-15-10(14)12-8-4-2-7(3-5-8)9-13-11-6-16-9/h6-8H,2-5H2,1H3,(H,12,14). The first-order valence-corrected chi connectivity index (χ1v) is 6.28. The quantitative estimate of drug-likeness (QED) is 0.859. The minimum Gasteiger partial charge on any atom is -0.453 e. The molecule has 6 heteroatoms. The third-order valence-electron chi connectivity index (χ3n) is 2.96. The third kappa shape index (κ3) is 2.69. The molecular formula is C10H15N3O2S. The molecule has 1 aliphatic carbocycles. The highest BCUT2D eigenvalue weighted by Gasteiger charge is 2.25. The molecule has 1 aliphatic rings.